The molecule has 3 N–H and O–H groups in total. The molecule has 1 aliphatic carbocycles. The van der Waals surface area contributed by atoms with Gasteiger partial charge in [-0.1, -0.05) is 6.07 Å². The van der Waals surface area contributed by atoms with E-state index in [1.54, 1.807) is 6.07 Å². The predicted octanol–water partition coefficient (Wildman–Crippen LogP) is 1.30. The van der Waals surface area contributed by atoms with E-state index in [-0.39, 0.29) is 18.1 Å². The van der Waals surface area contributed by atoms with Crippen LogP contribution in [0.15, 0.2) is 12.1 Å². The first-order valence-corrected chi connectivity index (χ1v) is 5.29. The second kappa shape index (κ2) is 3.93. The number of phenolic OH excluding ortho intramolecular Hbond substituents is 1. The van der Waals surface area contributed by atoms with Crippen LogP contribution in [0.3, 0.4) is 0 Å². The second-order valence-electron chi connectivity index (χ2n) is 4.05. The molecule has 1 aromatic carbocycles. The van der Waals surface area contributed by atoms with Crippen molar-refractivity contribution in [1.29, 1.82) is 0 Å². The van der Waals surface area contributed by atoms with Gasteiger partial charge in [-0.2, -0.15) is 0 Å². The van der Waals surface area contributed by atoms with E-state index >= 15 is 0 Å². The van der Waals surface area contributed by atoms with E-state index in [1.165, 1.54) is 12.0 Å². The number of carbonyl (C=O) groups excluding carboxylic acids is 1. The van der Waals surface area contributed by atoms with Crippen LogP contribution in [0.4, 0.5) is 0 Å². The van der Waals surface area contributed by atoms with Gasteiger partial charge in [-0.25, -0.2) is 0 Å². The van der Waals surface area contributed by atoms with Crippen molar-refractivity contribution in [1.82, 2.24) is 0 Å². The van der Waals surface area contributed by atoms with E-state index < -0.39 is 0 Å². The summed E-state index contributed by atoms with van der Waals surface area (Å²) in [6.45, 7) is 0. The summed E-state index contributed by atoms with van der Waals surface area (Å²) < 4.78 is 0. The molecule has 3 nitrogen and oxygen atoms in total. The molecule has 0 radical (unpaired) electrons. The van der Waals surface area contributed by atoms with Gasteiger partial charge in [0, 0.05) is 5.56 Å². The normalized spacial score (nSPS) is 14.7. The number of hydrogen-bond acceptors (Lipinski definition) is 2. The first kappa shape index (κ1) is 10.0. The molecule has 1 aromatic rings. The zero-order valence-corrected chi connectivity index (χ0v) is 8.62. The number of phenols is 1. The zero-order valence-electron chi connectivity index (χ0n) is 8.62. The van der Waals surface area contributed by atoms with E-state index in [9.17, 15) is 9.90 Å². The average Bonchev–Trinajstić information content (AvgIpc) is 2.22. The maximum Gasteiger partial charge on any atom is 0.221 e. The van der Waals surface area contributed by atoms with Gasteiger partial charge in [-0.15, -0.1) is 0 Å². The van der Waals surface area contributed by atoms with Gasteiger partial charge in [0.25, 0.3) is 0 Å². The van der Waals surface area contributed by atoms with Crippen LogP contribution in [0.5, 0.6) is 5.75 Å². The minimum atomic E-state index is -0.385. The molecule has 0 fully saturated rings. The summed E-state index contributed by atoms with van der Waals surface area (Å²) in [5.74, 6) is -0.182. The highest BCUT2D eigenvalue weighted by Gasteiger charge is 2.17. The van der Waals surface area contributed by atoms with Gasteiger partial charge in [0.2, 0.25) is 5.91 Å². The first-order valence-electron chi connectivity index (χ1n) is 5.29. The molecule has 0 aromatic heterocycles. The van der Waals surface area contributed by atoms with Crippen LogP contribution in [-0.2, 0) is 24.1 Å². The third-order valence-corrected chi connectivity index (χ3v) is 2.98. The van der Waals surface area contributed by atoms with E-state index in [0.29, 0.717) is 0 Å². The quantitative estimate of drug-likeness (QED) is 0.764. The lowest BCUT2D eigenvalue weighted by atomic mass is 9.87. The highest BCUT2D eigenvalue weighted by atomic mass is 16.3. The van der Waals surface area contributed by atoms with E-state index in [2.05, 4.69) is 0 Å². The van der Waals surface area contributed by atoms with Crippen LogP contribution in [0.1, 0.15) is 29.5 Å². The SMILES string of the molecule is NC(=O)Cc1c(O)ccc2c1CCCC2. The van der Waals surface area contributed by atoms with Crippen molar-refractivity contribution >= 4 is 5.91 Å². The molecule has 80 valence electrons. The average molecular weight is 205 g/mol. The van der Waals surface area contributed by atoms with Crippen molar-refractivity contribution < 1.29 is 9.90 Å². The number of nitrogens with two attached hydrogens (primary N) is 1. The molecule has 2 rings (SSSR count). The molecule has 0 saturated carbocycles. The van der Waals surface area contributed by atoms with Gasteiger partial charge in [0.1, 0.15) is 5.75 Å². The number of amides is 1. The molecule has 0 saturated heterocycles. The molecule has 0 bridgehead atoms. The van der Waals surface area contributed by atoms with E-state index in [1.807, 2.05) is 6.07 Å². The Balaban J connectivity index is 2.45. The van der Waals surface area contributed by atoms with Crippen LogP contribution in [0, 0.1) is 0 Å². The monoisotopic (exact) mass is 205 g/mol. The van der Waals surface area contributed by atoms with E-state index in [0.717, 1.165) is 30.4 Å². The number of benzene rings is 1. The van der Waals surface area contributed by atoms with Crippen molar-refractivity contribution in [3.63, 3.8) is 0 Å². The Bertz CT molecular complexity index is 399. The summed E-state index contributed by atoms with van der Waals surface area (Å²) in [6.07, 6.45) is 4.46. The van der Waals surface area contributed by atoms with Crippen LogP contribution >= 0.6 is 0 Å². The Morgan fingerprint density at radius 2 is 2.07 bits per heavy atom. The summed E-state index contributed by atoms with van der Waals surface area (Å²) in [5, 5.41) is 9.71. The largest absolute Gasteiger partial charge is 0.508 e. The summed E-state index contributed by atoms with van der Waals surface area (Å²) in [5.41, 5.74) is 8.31. The Hall–Kier alpha value is -1.51. The molecule has 3 heteroatoms. The Labute approximate surface area is 88.9 Å². The fourth-order valence-electron chi connectivity index (χ4n) is 2.26. The van der Waals surface area contributed by atoms with Crippen LogP contribution in [0.2, 0.25) is 0 Å². The first-order chi connectivity index (χ1) is 7.18. The third kappa shape index (κ3) is 1.96. The van der Waals surface area contributed by atoms with Crippen molar-refractivity contribution in [2.45, 2.75) is 32.1 Å². The van der Waals surface area contributed by atoms with Crippen molar-refractivity contribution in [2.75, 3.05) is 0 Å². The molecular formula is C12H15NO2. The zero-order chi connectivity index (χ0) is 10.8. The van der Waals surface area contributed by atoms with Gasteiger partial charge >= 0.3 is 0 Å². The van der Waals surface area contributed by atoms with Crippen LogP contribution < -0.4 is 5.73 Å². The molecule has 0 heterocycles. The number of fused-ring (bicyclic) bond motifs is 1. The van der Waals surface area contributed by atoms with Crippen LogP contribution in [-0.4, -0.2) is 11.0 Å². The number of aryl methyl sites for hydroxylation is 1. The molecule has 0 spiro atoms. The molecular weight excluding hydrogens is 190 g/mol. The van der Waals surface area contributed by atoms with Gasteiger partial charge < -0.3 is 10.8 Å². The maximum atomic E-state index is 10.9. The van der Waals surface area contributed by atoms with Crippen LogP contribution in [0.25, 0.3) is 0 Å². The van der Waals surface area contributed by atoms with Crippen molar-refractivity contribution in [3.8, 4) is 5.75 Å². The topological polar surface area (TPSA) is 63.3 Å². The molecule has 15 heavy (non-hydrogen) atoms. The third-order valence-electron chi connectivity index (χ3n) is 2.98. The van der Waals surface area contributed by atoms with Gasteiger partial charge in [0.05, 0.1) is 6.42 Å². The summed E-state index contributed by atoms with van der Waals surface area (Å²) in [4.78, 5) is 10.9. The minimum absolute atomic E-state index is 0.148. The lowest BCUT2D eigenvalue weighted by Crippen LogP contribution is -2.16. The number of hydrogen-bond donors (Lipinski definition) is 2. The van der Waals surface area contributed by atoms with E-state index in [4.69, 9.17) is 5.73 Å². The minimum Gasteiger partial charge on any atom is -0.508 e. The van der Waals surface area contributed by atoms with Crippen molar-refractivity contribution in [3.05, 3.63) is 28.8 Å². The Morgan fingerprint density at radius 3 is 2.80 bits per heavy atom. The lowest BCUT2D eigenvalue weighted by molar-refractivity contribution is -0.117. The standard InChI is InChI=1S/C12H15NO2/c13-12(15)7-10-9-4-2-1-3-8(9)5-6-11(10)14/h5-6,14H,1-4,7H2,(H2,13,15). The molecule has 1 aliphatic rings. The molecule has 1 amide bonds. The molecule has 0 atom stereocenters. The predicted molar refractivity (Wildman–Crippen MR) is 57.6 cm³/mol. The number of primary amides is 1. The smallest absolute Gasteiger partial charge is 0.221 e. The van der Waals surface area contributed by atoms with Gasteiger partial charge in [0.15, 0.2) is 0 Å². The van der Waals surface area contributed by atoms with Gasteiger partial charge in [-0.05, 0) is 42.9 Å². The molecule has 0 unspecified atom stereocenters. The number of aromatic hydroxyl groups is 1. The lowest BCUT2D eigenvalue weighted by Gasteiger charge is -2.19. The number of rotatable bonds is 2. The molecule has 0 aliphatic heterocycles. The fraction of sp³-hybridized carbons (Fsp3) is 0.417. The second-order valence-corrected chi connectivity index (χ2v) is 4.05. The summed E-state index contributed by atoms with van der Waals surface area (Å²) in [7, 11) is 0. The summed E-state index contributed by atoms with van der Waals surface area (Å²) >= 11 is 0. The van der Waals surface area contributed by atoms with Crippen molar-refractivity contribution in [2.24, 2.45) is 5.73 Å². The Kier molecular flexibility index (Phi) is 2.62. The summed E-state index contributed by atoms with van der Waals surface area (Å²) in [6, 6.07) is 3.62. The number of carbonyl (C=O) groups is 1. The maximum absolute atomic E-state index is 10.9. The Morgan fingerprint density at radius 1 is 1.33 bits per heavy atom. The van der Waals surface area contributed by atoms with Gasteiger partial charge in [-0.3, -0.25) is 4.79 Å². The fourth-order valence-corrected chi connectivity index (χ4v) is 2.26. The highest BCUT2D eigenvalue weighted by Crippen LogP contribution is 2.30. The highest BCUT2D eigenvalue weighted by molar-refractivity contribution is 5.78.